The van der Waals surface area contributed by atoms with Crippen molar-refractivity contribution >= 4 is 17.4 Å². The predicted molar refractivity (Wildman–Crippen MR) is 84.6 cm³/mol. The number of benzene rings is 1. The van der Waals surface area contributed by atoms with Gasteiger partial charge in [-0.3, -0.25) is 0 Å². The number of rotatable bonds is 9. The summed E-state index contributed by atoms with van der Waals surface area (Å²) >= 11 is 1.93. The lowest BCUT2D eigenvalue weighted by molar-refractivity contribution is 0.252. The molecule has 1 unspecified atom stereocenters. The highest BCUT2D eigenvalue weighted by atomic mass is 32.2. The molecule has 0 aliphatic heterocycles. The summed E-state index contributed by atoms with van der Waals surface area (Å²) in [5.41, 5.74) is 1.22. The van der Waals surface area contributed by atoms with Gasteiger partial charge in [-0.1, -0.05) is 18.2 Å². The molecule has 3 heteroatoms. The standard InChI is InChI=1S/C15H26N2S/c1-14(10-13-18-3)17(2)12-7-11-16-15-8-5-4-6-9-15/h4-6,8-9,14,16H,7,10-13H2,1-3H3. The molecular weight excluding hydrogens is 240 g/mol. The van der Waals surface area contributed by atoms with E-state index < -0.39 is 0 Å². The number of anilines is 1. The third kappa shape index (κ3) is 6.31. The Hall–Kier alpha value is -0.670. The second kappa shape index (κ2) is 9.29. The minimum atomic E-state index is 0.689. The molecule has 18 heavy (non-hydrogen) atoms. The molecule has 0 amide bonds. The van der Waals surface area contributed by atoms with Gasteiger partial charge in [0, 0.05) is 18.3 Å². The minimum absolute atomic E-state index is 0.689. The second-order valence-corrected chi connectivity index (χ2v) is 5.74. The number of thioether (sulfide) groups is 1. The summed E-state index contributed by atoms with van der Waals surface area (Å²) in [6.45, 7) is 4.53. The van der Waals surface area contributed by atoms with Gasteiger partial charge in [-0.25, -0.2) is 0 Å². The Morgan fingerprint density at radius 2 is 2.00 bits per heavy atom. The van der Waals surface area contributed by atoms with Crippen LogP contribution in [0.2, 0.25) is 0 Å². The SMILES string of the molecule is CSCCC(C)N(C)CCCNc1ccccc1. The molecule has 0 aliphatic rings. The van der Waals surface area contributed by atoms with E-state index in [1.807, 2.05) is 17.8 Å². The van der Waals surface area contributed by atoms with Gasteiger partial charge in [0.1, 0.15) is 0 Å². The van der Waals surface area contributed by atoms with Crippen LogP contribution in [0.15, 0.2) is 30.3 Å². The first-order valence-electron chi connectivity index (χ1n) is 6.72. The molecule has 0 aliphatic carbocycles. The zero-order valence-corrected chi connectivity index (χ0v) is 12.7. The molecule has 0 saturated heterocycles. The lowest BCUT2D eigenvalue weighted by Gasteiger charge is -2.24. The maximum atomic E-state index is 3.45. The van der Waals surface area contributed by atoms with Crippen LogP contribution < -0.4 is 5.32 Å². The number of nitrogens with one attached hydrogen (secondary N) is 1. The highest BCUT2D eigenvalue weighted by molar-refractivity contribution is 7.98. The van der Waals surface area contributed by atoms with Crippen molar-refractivity contribution in [2.45, 2.75) is 25.8 Å². The van der Waals surface area contributed by atoms with Crippen molar-refractivity contribution in [1.82, 2.24) is 4.90 Å². The average molecular weight is 266 g/mol. The lowest BCUT2D eigenvalue weighted by atomic mass is 10.2. The number of hydrogen-bond acceptors (Lipinski definition) is 3. The Morgan fingerprint density at radius 3 is 2.67 bits per heavy atom. The summed E-state index contributed by atoms with van der Waals surface area (Å²) in [5.74, 6) is 1.26. The third-order valence-electron chi connectivity index (χ3n) is 3.28. The fourth-order valence-electron chi connectivity index (χ4n) is 1.85. The summed E-state index contributed by atoms with van der Waals surface area (Å²) in [5, 5.41) is 3.45. The molecule has 102 valence electrons. The Labute approximate surface area is 116 Å². The lowest BCUT2D eigenvalue weighted by Crippen LogP contribution is -2.31. The zero-order chi connectivity index (χ0) is 13.2. The van der Waals surface area contributed by atoms with Crippen LogP contribution in [0.3, 0.4) is 0 Å². The number of nitrogens with zero attached hydrogens (tertiary/aromatic N) is 1. The van der Waals surface area contributed by atoms with Gasteiger partial charge in [0.25, 0.3) is 0 Å². The number of para-hydroxylation sites is 1. The van der Waals surface area contributed by atoms with Crippen molar-refractivity contribution in [3.8, 4) is 0 Å². The summed E-state index contributed by atoms with van der Waals surface area (Å²) in [7, 11) is 2.23. The van der Waals surface area contributed by atoms with Crippen molar-refractivity contribution in [2.24, 2.45) is 0 Å². The van der Waals surface area contributed by atoms with Gasteiger partial charge in [-0.15, -0.1) is 0 Å². The Balaban J connectivity index is 2.10. The summed E-state index contributed by atoms with van der Waals surface area (Å²) in [6, 6.07) is 11.1. The second-order valence-electron chi connectivity index (χ2n) is 4.76. The Bertz CT molecular complexity index is 303. The van der Waals surface area contributed by atoms with Crippen LogP contribution in [-0.2, 0) is 0 Å². The van der Waals surface area contributed by atoms with Gasteiger partial charge < -0.3 is 10.2 Å². The highest BCUT2D eigenvalue weighted by Gasteiger charge is 2.07. The first-order chi connectivity index (χ1) is 8.74. The van der Waals surface area contributed by atoms with Gasteiger partial charge in [0.2, 0.25) is 0 Å². The van der Waals surface area contributed by atoms with E-state index in [9.17, 15) is 0 Å². The first kappa shape index (κ1) is 15.4. The summed E-state index contributed by atoms with van der Waals surface area (Å²) in [4.78, 5) is 2.46. The van der Waals surface area contributed by atoms with E-state index in [1.54, 1.807) is 0 Å². The van der Waals surface area contributed by atoms with E-state index in [0.717, 1.165) is 13.1 Å². The quantitative estimate of drug-likeness (QED) is 0.688. The first-order valence-corrected chi connectivity index (χ1v) is 8.11. The topological polar surface area (TPSA) is 15.3 Å². The van der Waals surface area contributed by atoms with Crippen LogP contribution in [0, 0.1) is 0 Å². The molecule has 1 aromatic carbocycles. The van der Waals surface area contributed by atoms with Crippen LogP contribution >= 0.6 is 11.8 Å². The molecular formula is C15H26N2S. The van der Waals surface area contributed by atoms with Crippen molar-refractivity contribution in [3.63, 3.8) is 0 Å². The molecule has 0 aromatic heterocycles. The fraction of sp³-hybridized carbons (Fsp3) is 0.600. The molecule has 0 radical (unpaired) electrons. The van der Waals surface area contributed by atoms with E-state index >= 15 is 0 Å². The molecule has 0 heterocycles. The third-order valence-corrected chi connectivity index (χ3v) is 3.93. The van der Waals surface area contributed by atoms with Crippen LogP contribution in [-0.4, -0.2) is 43.1 Å². The largest absolute Gasteiger partial charge is 0.385 e. The number of hydrogen-bond donors (Lipinski definition) is 1. The van der Waals surface area contributed by atoms with E-state index in [1.165, 1.54) is 24.3 Å². The Morgan fingerprint density at radius 1 is 1.28 bits per heavy atom. The molecule has 0 saturated carbocycles. The van der Waals surface area contributed by atoms with Crippen LogP contribution in [0.5, 0.6) is 0 Å². The summed E-state index contributed by atoms with van der Waals surface area (Å²) < 4.78 is 0. The smallest absolute Gasteiger partial charge is 0.0340 e. The van der Waals surface area contributed by atoms with Crippen LogP contribution in [0.4, 0.5) is 5.69 Å². The van der Waals surface area contributed by atoms with Gasteiger partial charge in [0.15, 0.2) is 0 Å². The minimum Gasteiger partial charge on any atom is -0.385 e. The molecule has 2 nitrogen and oxygen atoms in total. The molecule has 1 rings (SSSR count). The molecule has 1 atom stereocenters. The average Bonchev–Trinajstić information content (AvgIpc) is 2.41. The molecule has 0 bridgehead atoms. The van der Waals surface area contributed by atoms with Gasteiger partial charge in [0.05, 0.1) is 0 Å². The van der Waals surface area contributed by atoms with Crippen molar-refractivity contribution in [2.75, 3.05) is 37.5 Å². The maximum Gasteiger partial charge on any atom is 0.0340 e. The maximum absolute atomic E-state index is 3.45. The van der Waals surface area contributed by atoms with Crippen LogP contribution in [0.1, 0.15) is 19.8 Å². The normalized spacial score (nSPS) is 12.7. The monoisotopic (exact) mass is 266 g/mol. The molecule has 0 fully saturated rings. The van der Waals surface area contributed by atoms with Gasteiger partial charge >= 0.3 is 0 Å². The van der Waals surface area contributed by atoms with Crippen molar-refractivity contribution in [3.05, 3.63) is 30.3 Å². The predicted octanol–water partition coefficient (Wildman–Crippen LogP) is 3.56. The van der Waals surface area contributed by atoms with E-state index in [4.69, 9.17) is 0 Å². The van der Waals surface area contributed by atoms with Gasteiger partial charge in [-0.05, 0) is 57.5 Å². The van der Waals surface area contributed by atoms with E-state index in [-0.39, 0.29) is 0 Å². The van der Waals surface area contributed by atoms with E-state index in [2.05, 4.69) is 54.7 Å². The molecule has 1 aromatic rings. The molecule has 1 N–H and O–H groups in total. The summed E-state index contributed by atoms with van der Waals surface area (Å²) in [6.07, 6.45) is 4.65. The highest BCUT2D eigenvalue weighted by Crippen LogP contribution is 2.07. The van der Waals surface area contributed by atoms with E-state index in [0.29, 0.717) is 6.04 Å². The zero-order valence-electron chi connectivity index (χ0n) is 11.9. The van der Waals surface area contributed by atoms with Crippen molar-refractivity contribution < 1.29 is 0 Å². The fourth-order valence-corrected chi connectivity index (χ4v) is 2.42. The molecule has 0 spiro atoms. The van der Waals surface area contributed by atoms with Gasteiger partial charge in [-0.2, -0.15) is 11.8 Å². The van der Waals surface area contributed by atoms with Crippen LogP contribution in [0.25, 0.3) is 0 Å². The van der Waals surface area contributed by atoms with Crippen molar-refractivity contribution in [1.29, 1.82) is 0 Å². The Kier molecular flexibility index (Phi) is 7.94.